The molecular formula is C22H28N2S. The Hall–Kier alpha value is -1.29. The molecule has 2 fully saturated rings. The number of hydrogen-bond donors (Lipinski definition) is 1. The Morgan fingerprint density at radius 2 is 1.44 bits per heavy atom. The van der Waals surface area contributed by atoms with Gasteiger partial charge in [0.2, 0.25) is 0 Å². The molecule has 1 spiro atoms. The molecule has 0 unspecified atom stereocenters. The molecular weight excluding hydrogens is 324 g/mol. The molecule has 2 aliphatic rings. The van der Waals surface area contributed by atoms with E-state index in [0.717, 1.165) is 12.3 Å². The Morgan fingerprint density at radius 1 is 0.920 bits per heavy atom. The van der Waals surface area contributed by atoms with Crippen LogP contribution in [0.1, 0.15) is 36.8 Å². The molecule has 1 aliphatic carbocycles. The Labute approximate surface area is 155 Å². The number of nitrogens with two attached hydrogens (primary N) is 1. The van der Waals surface area contributed by atoms with Gasteiger partial charge in [0.25, 0.3) is 0 Å². The second kappa shape index (κ2) is 6.79. The van der Waals surface area contributed by atoms with Gasteiger partial charge in [0.05, 0.1) is 4.75 Å². The highest BCUT2D eigenvalue weighted by atomic mass is 32.2. The Kier molecular flexibility index (Phi) is 4.65. The first-order chi connectivity index (χ1) is 12.2. The zero-order valence-corrected chi connectivity index (χ0v) is 15.8. The average molecular weight is 353 g/mol. The number of thioether (sulfide) groups is 1. The van der Waals surface area contributed by atoms with Crippen LogP contribution in [0.3, 0.4) is 0 Å². The predicted molar refractivity (Wildman–Crippen MR) is 108 cm³/mol. The van der Waals surface area contributed by atoms with Crippen LogP contribution in [0.4, 0.5) is 0 Å². The van der Waals surface area contributed by atoms with E-state index in [2.05, 4.69) is 84.4 Å². The first-order valence-corrected chi connectivity index (χ1v) is 10.4. The van der Waals surface area contributed by atoms with Gasteiger partial charge in [0.1, 0.15) is 0 Å². The quantitative estimate of drug-likeness (QED) is 0.876. The summed E-state index contributed by atoms with van der Waals surface area (Å²) in [5.41, 5.74) is 9.47. The first-order valence-electron chi connectivity index (χ1n) is 9.41. The largest absolute Gasteiger partial charge is 0.326 e. The molecule has 1 heterocycles. The fourth-order valence-electron chi connectivity index (χ4n) is 5.12. The van der Waals surface area contributed by atoms with E-state index in [1.165, 1.54) is 36.8 Å². The molecule has 0 amide bonds. The number of rotatable bonds is 2. The molecule has 2 aromatic rings. The Morgan fingerprint density at radius 3 is 1.96 bits per heavy atom. The monoisotopic (exact) mass is 352 g/mol. The minimum atomic E-state index is -0.0606. The molecule has 2 nitrogen and oxygen atoms in total. The van der Waals surface area contributed by atoms with Crippen molar-refractivity contribution in [3.63, 3.8) is 0 Å². The highest BCUT2D eigenvalue weighted by Crippen LogP contribution is 2.59. The first kappa shape index (κ1) is 17.1. The van der Waals surface area contributed by atoms with Crippen molar-refractivity contribution in [2.45, 2.75) is 42.0 Å². The standard InChI is InChI=1S/C22H28N2S/c1-24-16-20(23)17-25-22(18-10-4-2-5-11-18,19-12-6-3-7-13-19)21(24)14-8-9-15-21/h2-7,10-13,20H,8-9,14-17,23H2,1H3/t20-/m1/s1. The number of benzene rings is 2. The Balaban J connectivity index is 2.00. The summed E-state index contributed by atoms with van der Waals surface area (Å²) in [5.74, 6) is 0.996. The predicted octanol–water partition coefficient (Wildman–Crippen LogP) is 4.25. The van der Waals surface area contributed by atoms with Gasteiger partial charge >= 0.3 is 0 Å². The summed E-state index contributed by atoms with van der Waals surface area (Å²) >= 11 is 2.08. The topological polar surface area (TPSA) is 29.3 Å². The molecule has 1 saturated heterocycles. The van der Waals surface area contributed by atoms with E-state index < -0.39 is 0 Å². The van der Waals surface area contributed by atoms with Crippen LogP contribution in [0.25, 0.3) is 0 Å². The Bertz CT molecular complexity index is 655. The van der Waals surface area contributed by atoms with E-state index in [0.29, 0.717) is 0 Å². The lowest BCUT2D eigenvalue weighted by atomic mass is 9.71. The zero-order chi connectivity index (χ0) is 17.3. The maximum atomic E-state index is 6.49. The van der Waals surface area contributed by atoms with Gasteiger partial charge in [-0.3, -0.25) is 4.90 Å². The van der Waals surface area contributed by atoms with E-state index in [-0.39, 0.29) is 16.3 Å². The fourth-order valence-corrected chi connectivity index (χ4v) is 6.93. The normalized spacial score (nSPS) is 25.8. The molecule has 0 radical (unpaired) electrons. The summed E-state index contributed by atoms with van der Waals surface area (Å²) in [7, 11) is 2.30. The summed E-state index contributed by atoms with van der Waals surface area (Å²) < 4.78 is -0.0606. The molecule has 0 bridgehead atoms. The van der Waals surface area contributed by atoms with Crippen LogP contribution >= 0.6 is 11.8 Å². The SMILES string of the molecule is CN1C[C@@H](N)CSC(c2ccccc2)(c2ccccc2)C12CCCC2. The van der Waals surface area contributed by atoms with Gasteiger partial charge in [-0.2, -0.15) is 0 Å². The van der Waals surface area contributed by atoms with Crippen molar-refractivity contribution in [1.82, 2.24) is 4.90 Å². The summed E-state index contributed by atoms with van der Waals surface area (Å²) in [5, 5.41) is 0. The fraction of sp³-hybridized carbons (Fsp3) is 0.455. The number of likely N-dealkylation sites (N-methyl/N-ethyl adjacent to an activating group) is 1. The second-order valence-corrected chi connectivity index (χ2v) is 8.84. The third-order valence-corrected chi connectivity index (χ3v) is 8.08. The van der Waals surface area contributed by atoms with Crippen molar-refractivity contribution in [2.24, 2.45) is 5.73 Å². The zero-order valence-electron chi connectivity index (χ0n) is 15.0. The lowest BCUT2D eigenvalue weighted by Gasteiger charge is -2.52. The molecule has 2 N–H and O–H groups in total. The van der Waals surface area contributed by atoms with Crippen molar-refractivity contribution in [3.8, 4) is 0 Å². The van der Waals surface area contributed by atoms with Crippen LogP contribution in [0.2, 0.25) is 0 Å². The van der Waals surface area contributed by atoms with Crippen molar-refractivity contribution >= 4 is 11.8 Å². The molecule has 1 aliphatic heterocycles. The van der Waals surface area contributed by atoms with Gasteiger partial charge in [-0.1, -0.05) is 73.5 Å². The highest BCUT2D eigenvalue weighted by molar-refractivity contribution is 8.00. The van der Waals surface area contributed by atoms with E-state index >= 15 is 0 Å². The number of nitrogens with zero attached hydrogens (tertiary/aromatic N) is 1. The molecule has 1 atom stereocenters. The van der Waals surface area contributed by atoms with Crippen molar-refractivity contribution in [1.29, 1.82) is 0 Å². The second-order valence-electron chi connectivity index (χ2n) is 7.60. The maximum Gasteiger partial charge on any atom is 0.0840 e. The summed E-state index contributed by atoms with van der Waals surface area (Å²) in [6.45, 7) is 0.981. The molecule has 2 aromatic carbocycles. The van der Waals surface area contributed by atoms with Crippen LogP contribution in [0.15, 0.2) is 60.7 Å². The van der Waals surface area contributed by atoms with E-state index in [9.17, 15) is 0 Å². The average Bonchev–Trinajstić information content (AvgIpc) is 3.12. The van der Waals surface area contributed by atoms with Crippen LogP contribution in [0.5, 0.6) is 0 Å². The van der Waals surface area contributed by atoms with Crippen molar-refractivity contribution in [3.05, 3.63) is 71.8 Å². The van der Waals surface area contributed by atoms with E-state index in [4.69, 9.17) is 5.73 Å². The highest BCUT2D eigenvalue weighted by Gasteiger charge is 2.58. The number of hydrogen-bond acceptors (Lipinski definition) is 3. The third kappa shape index (κ3) is 2.64. The summed E-state index contributed by atoms with van der Waals surface area (Å²) in [6, 6.07) is 22.5. The minimum absolute atomic E-state index is 0.0606. The van der Waals surface area contributed by atoms with Crippen LogP contribution < -0.4 is 5.73 Å². The third-order valence-electron chi connectivity index (χ3n) is 6.20. The summed E-state index contributed by atoms with van der Waals surface area (Å²) in [6.07, 6.45) is 5.10. The van der Waals surface area contributed by atoms with Crippen molar-refractivity contribution in [2.75, 3.05) is 19.3 Å². The minimum Gasteiger partial charge on any atom is -0.326 e. The van der Waals surface area contributed by atoms with Crippen LogP contribution in [-0.2, 0) is 4.75 Å². The van der Waals surface area contributed by atoms with Crippen LogP contribution in [-0.4, -0.2) is 35.8 Å². The molecule has 3 heteroatoms. The molecule has 132 valence electrons. The lowest BCUT2D eigenvalue weighted by Crippen LogP contribution is -2.58. The molecule has 0 aromatic heterocycles. The van der Waals surface area contributed by atoms with Gasteiger partial charge in [-0.15, -0.1) is 11.8 Å². The van der Waals surface area contributed by atoms with Gasteiger partial charge in [-0.05, 0) is 31.0 Å². The van der Waals surface area contributed by atoms with E-state index in [1.807, 2.05) is 0 Å². The summed E-state index contributed by atoms with van der Waals surface area (Å²) in [4.78, 5) is 2.60. The van der Waals surface area contributed by atoms with Gasteiger partial charge < -0.3 is 5.73 Å². The molecule has 4 rings (SSSR count). The smallest absolute Gasteiger partial charge is 0.0840 e. The molecule has 25 heavy (non-hydrogen) atoms. The lowest BCUT2D eigenvalue weighted by molar-refractivity contribution is 0.0925. The molecule has 1 saturated carbocycles. The van der Waals surface area contributed by atoms with Gasteiger partial charge in [0, 0.05) is 23.9 Å². The van der Waals surface area contributed by atoms with E-state index in [1.54, 1.807) is 0 Å². The van der Waals surface area contributed by atoms with Gasteiger partial charge in [-0.25, -0.2) is 0 Å². The van der Waals surface area contributed by atoms with Crippen molar-refractivity contribution < 1.29 is 0 Å². The van der Waals surface area contributed by atoms with Gasteiger partial charge in [0.15, 0.2) is 0 Å². The maximum absolute atomic E-state index is 6.49. The van der Waals surface area contributed by atoms with Crippen LogP contribution in [0, 0.1) is 0 Å².